The molecule has 1 N–H and O–H groups in total. The van der Waals surface area contributed by atoms with Gasteiger partial charge in [-0.1, -0.05) is 13.8 Å². The standard InChI is InChI=1S/C7H9NO2.C2H6/c1-5-3-4-8-7(10-2)6(5)9;1-2/h3-4,9H,1-2H3;1-2H3. The highest BCUT2D eigenvalue weighted by Crippen LogP contribution is 2.25. The summed E-state index contributed by atoms with van der Waals surface area (Å²) in [6, 6.07) is 1.72. The van der Waals surface area contributed by atoms with Gasteiger partial charge in [0.2, 0.25) is 0 Å². The van der Waals surface area contributed by atoms with Gasteiger partial charge >= 0.3 is 0 Å². The molecule has 0 atom stereocenters. The summed E-state index contributed by atoms with van der Waals surface area (Å²) < 4.78 is 4.76. The Balaban J connectivity index is 0.000000561. The van der Waals surface area contributed by atoms with Gasteiger partial charge in [-0.15, -0.1) is 0 Å². The summed E-state index contributed by atoms with van der Waals surface area (Å²) in [6.45, 7) is 5.79. The number of hydrogen-bond acceptors (Lipinski definition) is 3. The first kappa shape index (κ1) is 10.8. The Kier molecular flexibility index (Phi) is 4.84. The Morgan fingerprint density at radius 1 is 1.42 bits per heavy atom. The van der Waals surface area contributed by atoms with Crippen LogP contribution < -0.4 is 4.74 Å². The molecule has 0 unspecified atom stereocenters. The molecule has 3 nitrogen and oxygen atoms in total. The van der Waals surface area contributed by atoms with E-state index in [0.29, 0.717) is 0 Å². The topological polar surface area (TPSA) is 42.4 Å². The predicted octanol–water partition coefficient (Wildman–Crippen LogP) is 2.13. The Morgan fingerprint density at radius 2 is 2.00 bits per heavy atom. The van der Waals surface area contributed by atoms with Crippen LogP contribution in [0, 0.1) is 6.92 Å². The van der Waals surface area contributed by atoms with E-state index in [2.05, 4.69) is 4.98 Å². The molecule has 1 aromatic heterocycles. The van der Waals surface area contributed by atoms with Crippen LogP contribution in [0.25, 0.3) is 0 Å². The summed E-state index contributed by atoms with van der Waals surface area (Å²) in [6.07, 6.45) is 1.59. The Bertz CT molecular complexity index is 236. The van der Waals surface area contributed by atoms with Gasteiger partial charge < -0.3 is 9.84 Å². The van der Waals surface area contributed by atoms with Crippen molar-refractivity contribution in [2.45, 2.75) is 20.8 Å². The van der Waals surface area contributed by atoms with Gasteiger partial charge in [-0.3, -0.25) is 0 Å². The average molecular weight is 169 g/mol. The van der Waals surface area contributed by atoms with Crippen molar-refractivity contribution < 1.29 is 9.84 Å². The Morgan fingerprint density at radius 3 is 2.42 bits per heavy atom. The maximum absolute atomic E-state index is 9.21. The molecular weight excluding hydrogens is 154 g/mol. The number of methoxy groups -OCH3 is 1. The minimum absolute atomic E-state index is 0.116. The zero-order valence-corrected chi connectivity index (χ0v) is 7.96. The van der Waals surface area contributed by atoms with Crippen molar-refractivity contribution in [3.63, 3.8) is 0 Å². The van der Waals surface area contributed by atoms with Crippen LogP contribution in [0.2, 0.25) is 0 Å². The smallest absolute Gasteiger partial charge is 0.256 e. The first-order valence-corrected chi connectivity index (χ1v) is 3.94. The van der Waals surface area contributed by atoms with Crippen LogP contribution in [-0.4, -0.2) is 17.2 Å². The van der Waals surface area contributed by atoms with Crippen molar-refractivity contribution in [1.82, 2.24) is 4.98 Å². The van der Waals surface area contributed by atoms with E-state index in [4.69, 9.17) is 4.74 Å². The van der Waals surface area contributed by atoms with Crippen LogP contribution in [0.1, 0.15) is 19.4 Å². The highest BCUT2D eigenvalue weighted by atomic mass is 16.5. The monoisotopic (exact) mass is 169 g/mol. The minimum atomic E-state index is 0.116. The summed E-state index contributed by atoms with van der Waals surface area (Å²) in [4.78, 5) is 3.79. The molecule has 68 valence electrons. The number of nitrogens with zero attached hydrogens (tertiary/aromatic N) is 1. The molecular formula is C9H15NO2. The third-order valence-corrected chi connectivity index (χ3v) is 1.29. The van der Waals surface area contributed by atoms with E-state index in [1.165, 1.54) is 7.11 Å². The van der Waals surface area contributed by atoms with Gasteiger partial charge in [-0.05, 0) is 18.6 Å². The quantitative estimate of drug-likeness (QED) is 0.700. The number of aromatic hydroxyl groups is 1. The number of ether oxygens (including phenoxy) is 1. The van der Waals surface area contributed by atoms with Crippen molar-refractivity contribution in [3.05, 3.63) is 17.8 Å². The molecule has 3 heteroatoms. The van der Waals surface area contributed by atoms with E-state index in [1.807, 2.05) is 13.8 Å². The molecule has 0 saturated heterocycles. The number of rotatable bonds is 1. The van der Waals surface area contributed by atoms with Gasteiger partial charge in [0.25, 0.3) is 5.88 Å². The third-order valence-electron chi connectivity index (χ3n) is 1.29. The van der Waals surface area contributed by atoms with Crippen molar-refractivity contribution >= 4 is 0 Å². The van der Waals surface area contributed by atoms with Crippen LogP contribution >= 0.6 is 0 Å². The van der Waals surface area contributed by atoms with E-state index < -0.39 is 0 Å². The van der Waals surface area contributed by atoms with Gasteiger partial charge in [0.1, 0.15) is 0 Å². The van der Waals surface area contributed by atoms with E-state index in [0.717, 1.165) is 5.56 Å². The number of hydrogen-bond donors (Lipinski definition) is 1. The fraction of sp³-hybridized carbons (Fsp3) is 0.444. The lowest BCUT2D eigenvalue weighted by atomic mass is 10.3. The van der Waals surface area contributed by atoms with Crippen LogP contribution in [0.4, 0.5) is 0 Å². The van der Waals surface area contributed by atoms with Crippen molar-refractivity contribution in [3.8, 4) is 11.6 Å². The molecule has 0 aromatic carbocycles. The molecule has 0 bridgehead atoms. The normalized spacial score (nSPS) is 8.33. The predicted molar refractivity (Wildman–Crippen MR) is 48.5 cm³/mol. The molecule has 12 heavy (non-hydrogen) atoms. The zero-order valence-electron chi connectivity index (χ0n) is 7.96. The van der Waals surface area contributed by atoms with Gasteiger partial charge in [0.15, 0.2) is 5.75 Å². The minimum Gasteiger partial charge on any atom is -0.503 e. The lowest BCUT2D eigenvalue weighted by molar-refractivity contribution is 0.357. The molecule has 0 aliphatic heterocycles. The molecule has 0 amide bonds. The van der Waals surface area contributed by atoms with Crippen molar-refractivity contribution in [2.75, 3.05) is 7.11 Å². The summed E-state index contributed by atoms with van der Waals surface area (Å²) in [5.74, 6) is 0.394. The first-order valence-electron chi connectivity index (χ1n) is 3.94. The average Bonchev–Trinajstić information content (AvgIpc) is 2.13. The maximum atomic E-state index is 9.21. The highest BCUT2D eigenvalue weighted by Gasteiger charge is 2.02. The Hall–Kier alpha value is -1.25. The fourth-order valence-electron chi connectivity index (χ4n) is 0.675. The number of aryl methyl sites for hydroxylation is 1. The highest BCUT2D eigenvalue weighted by molar-refractivity contribution is 5.38. The maximum Gasteiger partial charge on any atom is 0.256 e. The Labute approximate surface area is 73.0 Å². The molecule has 0 saturated carbocycles. The molecule has 0 radical (unpaired) electrons. The first-order chi connectivity index (χ1) is 5.75. The second kappa shape index (κ2) is 5.41. The number of aromatic nitrogens is 1. The fourth-order valence-corrected chi connectivity index (χ4v) is 0.675. The van der Waals surface area contributed by atoms with Crippen molar-refractivity contribution in [1.29, 1.82) is 0 Å². The van der Waals surface area contributed by atoms with Crippen LogP contribution in [-0.2, 0) is 0 Å². The second-order valence-electron chi connectivity index (χ2n) is 1.99. The van der Waals surface area contributed by atoms with Crippen LogP contribution in [0.15, 0.2) is 12.3 Å². The third kappa shape index (κ3) is 2.42. The zero-order chi connectivity index (χ0) is 9.56. The van der Waals surface area contributed by atoms with Crippen LogP contribution in [0.3, 0.4) is 0 Å². The molecule has 0 aliphatic rings. The van der Waals surface area contributed by atoms with E-state index >= 15 is 0 Å². The summed E-state index contributed by atoms with van der Waals surface area (Å²) >= 11 is 0. The molecule has 1 aromatic rings. The van der Waals surface area contributed by atoms with Crippen LogP contribution in [0.5, 0.6) is 11.6 Å². The van der Waals surface area contributed by atoms with Gasteiger partial charge in [-0.2, -0.15) is 0 Å². The van der Waals surface area contributed by atoms with Crippen molar-refractivity contribution in [2.24, 2.45) is 0 Å². The van der Waals surface area contributed by atoms with Gasteiger partial charge in [0, 0.05) is 6.20 Å². The number of pyridine rings is 1. The molecule has 1 rings (SSSR count). The lowest BCUT2D eigenvalue weighted by Gasteiger charge is -2.02. The SMILES string of the molecule is CC.COc1nccc(C)c1O. The largest absolute Gasteiger partial charge is 0.503 e. The molecule has 0 fully saturated rings. The molecule has 1 heterocycles. The molecule has 0 spiro atoms. The summed E-state index contributed by atoms with van der Waals surface area (Å²) in [5, 5.41) is 9.21. The van der Waals surface area contributed by atoms with Gasteiger partial charge in [-0.25, -0.2) is 4.98 Å². The van der Waals surface area contributed by atoms with E-state index in [1.54, 1.807) is 19.2 Å². The second-order valence-corrected chi connectivity index (χ2v) is 1.99. The van der Waals surface area contributed by atoms with E-state index in [-0.39, 0.29) is 11.6 Å². The van der Waals surface area contributed by atoms with E-state index in [9.17, 15) is 5.11 Å². The lowest BCUT2D eigenvalue weighted by Crippen LogP contribution is -1.88. The van der Waals surface area contributed by atoms with Gasteiger partial charge in [0.05, 0.1) is 7.11 Å². The summed E-state index contributed by atoms with van der Waals surface area (Å²) in [7, 11) is 1.47. The molecule has 0 aliphatic carbocycles. The summed E-state index contributed by atoms with van der Waals surface area (Å²) in [5.41, 5.74) is 0.770.